The Morgan fingerprint density at radius 1 is 1.31 bits per heavy atom. The van der Waals surface area contributed by atoms with E-state index in [0.29, 0.717) is 34.6 Å². The summed E-state index contributed by atoms with van der Waals surface area (Å²) < 4.78 is 0.779. The minimum absolute atomic E-state index is 0.0538. The Kier molecular flexibility index (Phi) is 5.95. The van der Waals surface area contributed by atoms with Gasteiger partial charge in [-0.15, -0.1) is 0 Å². The minimum atomic E-state index is -0.430. The van der Waals surface area contributed by atoms with Gasteiger partial charge in [-0.3, -0.25) is 24.8 Å². The van der Waals surface area contributed by atoms with E-state index >= 15 is 0 Å². The molecular weight excluding hydrogens is 442 g/mol. The fourth-order valence-corrected chi connectivity index (χ4v) is 3.97. The molecule has 0 saturated heterocycles. The Labute approximate surface area is 167 Å². The molecule has 3 rings (SSSR count). The lowest BCUT2D eigenvalue weighted by Gasteiger charge is -2.18. The Bertz CT molecular complexity index is 889. The van der Waals surface area contributed by atoms with Gasteiger partial charge in [-0.1, -0.05) is 51.4 Å². The summed E-state index contributed by atoms with van der Waals surface area (Å²) in [6.45, 7) is 1.05. The lowest BCUT2D eigenvalue weighted by atomic mass is 10.2. The fraction of sp³-hybridized carbons (Fsp3) is 0.176. The number of nitrogens with zero attached hydrogens (tertiary/aromatic N) is 3. The zero-order valence-corrected chi connectivity index (χ0v) is 16.6. The van der Waals surface area contributed by atoms with Crippen LogP contribution in [0.3, 0.4) is 0 Å². The number of non-ortho nitro benzene ring substituents is 1. The van der Waals surface area contributed by atoms with Crippen LogP contribution in [0.1, 0.15) is 15.9 Å². The number of hydrogen-bond donors (Lipinski definition) is 0. The molecule has 1 heterocycles. The van der Waals surface area contributed by atoms with E-state index < -0.39 is 4.92 Å². The molecule has 2 aromatic rings. The molecule has 0 N–H and O–H groups in total. The first-order valence-corrected chi connectivity index (χ1v) is 9.79. The molecule has 1 aliphatic heterocycles. The van der Waals surface area contributed by atoms with Gasteiger partial charge in [-0.25, -0.2) is 0 Å². The average molecular weight is 455 g/mol. The number of halogens is 2. The van der Waals surface area contributed by atoms with Gasteiger partial charge >= 0.3 is 0 Å². The van der Waals surface area contributed by atoms with Crippen molar-refractivity contribution in [3.05, 3.63) is 73.2 Å². The first kappa shape index (κ1) is 18.9. The summed E-state index contributed by atoms with van der Waals surface area (Å²) in [5.74, 6) is 0.371. The van der Waals surface area contributed by atoms with E-state index in [1.54, 1.807) is 35.2 Å². The number of rotatable bonds is 4. The molecule has 26 heavy (non-hydrogen) atoms. The van der Waals surface area contributed by atoms with Gasteiger partial charge in [-0.05, 0) is 23.8 Å². The van der Waals surface area contributed by atoms with E-state index in [2.05, 4.69) is 20.9 Å². The smallest absolute Gasteiger partial charge is 0.269 e. The van der Waals surface area contributed by atoms with Crippen LogP contribution < -0.4 is 0 Å². The lowest BCUT2D eigenvalue weighted by Crippen LogP contribution is -2.33. The second kappa shape index (κ2) is 8.20. The molecule has 9 heteroatoms. The molecule has 0 saturated carbocycles. The number of carbonyl (C=O) groups excluding carboxylic acids is 1. The molecule has 0 radical (unpaired) electrons. The summed E-state index contributed by atoms with van der Waals surface area (Å²) in [6.07, 6.45) is 0. The third-order valence-electron chi connectivity index (χ3n) is 3.72. The standard InChI is InChI=1S/C17H13BrClN3O3S/c18-12-3-6-15(19)14(9-12)16(23)21-8-7-20-17(21)26-10-11-1-4-13(5-2-11)22(24)25/h1-6,9H,7-8,10H2. The molecule has 0 unspecified atom stereocenters. The van der Waals surface area contributed by atoms with Crippen LogP contribution in [0.2, 0.25) is 5.02 Å². The average Bonchev–Trinajstić information content (AvgIpc) is 3.10. The highest BCUT2D eigenvalue weighted by Gasteiger charge is 2.26. The van der Waals surface area contributed by atoms with E-state index in [1.165, 1.54) is 23.9 Å². The summed E-state index contributed by atoms with van der Waals surface area (Å²) in [5, 5.41) is 11.7. The van der Waals surface area contributed by atoms with Crippen LogP contribution in [0.15, 0.2) is 51.9 Å². The van der Waals surface area contributed by atoms with Gasteiger partial charge in [-0.2, -0.15) is 0 Å². The Balaban J connectivity index is 1.69. The number of amidine groups is 1. The Hall–Kier alpha value is -1.90. The van der Waals surface area contributed by atoms with Gasteiger partial charge in [0.2, 0.25) is 0 Å². The maximum atomic E-state index is 12.8. The summed E-state index contributed by atoms with van der Waals surface area (Å²) >= 11 is 10.9. The van der Waals surface area contributed by atoms with Crippen LogP contribution in [-0.2, 0) is 5.75 Å². The third-order valence-corrected chi connectivity index (χ3v) is 5.63. The van der Waals surface area contributed by atoms with Gasteiger partial charge < -0.3 is 0 Å². The summed E-state index contributed by atoms with van der Waals surface area (Å²) in [6, 6.07) is 11.5. The second-order valence-corrected chi connectivity index (χ2v) is 7.72. The van der Waals surface area contributed by atoms with Gasteiger partial charge in [0, 0.05) is 28.9 Å². The molecular formula is C17H13BrClN3O3S. The van der Waals surface area contributed by atoms with Crippen molar-refractivity contribution >= 4 is 56.1 Å². The SMILES string of the molecule is O=C(c1cc(Br)ccc1Cl)N1CCN=C1SCc1ccc([N+](=O)[O-])cc1. The van der Waals surface area contributed by atoms with E-state index in [0.717, 1.165) is 10.0 Å². The van der Waals surface area contributed by atoms with Crippen LogP contribution >= 0.6 is 39.3 Å². The topological polar surface area (TPSA) is 75.8 Å². The maximum Gasteiger partial charge on any atom is 0.269 e. The van der Waals surface area contributed by atoms with E-state index in [9.17, 15) is 14.9 Å². The molecule has 2 aromatic carbocycles. The number of carbonyl (C=O) groups is 1. The molecule has 134 valence electrons. The lowest BCUT2D eigenvalue weighted by molar-refractivity contribution is -0.384. The van der Waals surface area contributed by atoms with Crippen molar-refractivity contribution in [1.82, 2.24) is 4.90 Å². The number of benzene rings is 2. The number of hydrogen-bond acceptors (Lipinski definition) is 5. The van der Waals surface area contributed by atoms with Crippen LogP contribution in [0.25, 0.3) is 0 Å². The van der Waals surface area contributed by atoms with Gasteiger partial charge in [0.25, 0.3) is 11.6 Å². The summed E-state index contributed by atoms with van der Waals surface area (Å²) in [7, 11) is 0. The maximum absolute atomic E-state index is 12.8. The number of aliphatic imine (C=N–C) groups is 1. The quantitative estimate of drug-likeness (QED) is 0.493. The van der Waals surface area contributed by atoms with Crippen LogP contribution in [0.5, 0.6) is 0 Å². The van der Waals surface area contributed by atoms with Crippen LogP contribution in [0, 0.1) is 10.1 Å². The summed E-state index contributed by atoms with van der Waals surface area (Å²) in [5.41, 5.74) is 1.40. The first-order chi connectivity index (χ1) is 12.5. The summed E-state index contributed by atoms with van der Waals surface area (Å²) in [4.78, 5) is 29.1. The second-order valence-electron chi connectivity index (χ2n) is 5.46. The van der Waals surface area contributed by atoms with Gasteiger partial charge in [0.15, 0.2) is 5.17 Å². The molecule has 0 atom stereocenters. The van der Waals surface area contributed by atoms with Crippen molar-refractivity contribution in [3.63, 3.8) is 0 Å². The van der Waals surface area contributed by atoms with E-state index in [1.807, 2.05) is 0 Å². The normalized spacial score (nSPS) is 13.6. The predicted octanol–water partition coefficient (Wildman–Crippen LogP) is 4.76. The molecule has 0 spiro atoms. The highest BCUT2D eigenvalue weighted by Crippen LogP contribution is 2.26. The minimum Gasteiger partial charge on any atom is -0.286 e. The van der Waals surface area contributed by atoms with Crippen molar-refractivity contribution in [1.29, 1.82) is 0 Å². The van der Waals surface area contributed by atoms with Crippen molar-refractivity contribution < 1.29 is 9.72 Å². The molecule has 0 aliphatic carbocycles. The van der Waals surface area contributed by atoms with Crippen molar-refractivity contribution in [2.45, 2.75) is 5.75 Å². The number of nitro groups is 1. The molecule has 0 aromatic heterocycles. The highest BCUT2D eigenvalue weighted by atomic mass is 79.9. The van der Waals surface area contributed by atoms with Crippen molar-refractivity contribution in [2.24, 2.45) is 4.99 Å². The largest absolute Gasteiger partial charge is 0.286 e. The molecule has 1 amide bonds. The van der Waals surface area contributed by atoms with Crippen molar-refractivity contribution in [3.8, 4) is 0 Å². The van der Waals surface area contributed by atoms with Crippen LogP contribution in [0.4, 0.5) is 5.69 Å². The number of amides is 1. The van der Waals surface area contributed by atoms with E-state index in [4.69, 9.17) is 11.6 Å². The fourth-order valence-electron chi connectivity index (χ4n) is 2.41. The highest BCUT2D eigenvalue weighted by molar-refractivity contribution is 9.10. The molecule has 0 fully saturated rings. The Morgan fingerprint density at radius 2 is 2.04 bits per heavy atom. The molecule has 1 aliphatic rings. The van der Waals surface area contributed by atoms with Crippen molar-refractivity contribution in [2.75, 3.05) is 13.1 Å². The number of thioether (sulfide) groups is 1. The molecule has 0 bridgehead atoms. The predicted molar refractivity (Wildman–Crippen MR) is 107 cm³/mol. The monoisotopic (exact) mass is 453 g/mol. The zero-order valence-electron chi connectivity index (χ0n) is 13.4. The zero-order chi connectivity index (χ0) is 18.7. The molecule has 6 nitrogen and oxygen atoms in total. The number of nitro benzene ring substituents is 1. The van der Waals surface area contributed by atoms with Crippen LogP contribution in [-0.4, -0.2) is 34.0 Å². The third kappa shape index (κ3) is 4.25. The van der Waals surface area contributed by atoms with Gasteiger partial charge in [0.1, 0.15) is 0 Å². The van der Waals surface area contributed by atoms with Gasteiger partial charge in [0.05, 0.1) is 22.1 Å². The Morgan fingerprint density at radius 3 is 2.73 bits per heavy atom. The first-order valence-electron chi connectivity index (χ1n) is 7.63. The van der Waals surface area contributed by atoms with E-state index in [-0.39, 0.29) is 11.6 Å².